The Morgan fingerprint density at radius 3 is 2.63 bits per heavy atom. The number of aromatic nitrogens is 1. The van der Waals surface area contributed by atoms with Gasteiger partial charge in [0.2, 0.25) is 6.29 Å². The van der Waals surface area contributed by atoms with E-state index in [0.717, 1.165) is 35.4 Å². The van der Waals surface area contributed by atoms with E-state index in [4.69, 9.17) is 32.7 Å². The molecule has 0 aromatic carbocycles. The van der Waals surface area contributed by atoms with Gasteiger partial charge in [-0.25, -0.2) is 0 Å². The number of hydrogen-bond donors (Lipinski definition) is 0. The van der Waals surface area contributed by atoms with Crippen molar-refractivity contribution in [2.45, 2.75) is 51.3 Å². The summed E-state index contributed by atoms with van der Waals surface area (Å²) in [5, 5.41) is 0. The molecular weight excluding hydrogens is 285 g/mol. The van der Waals surface area contributed by atoms with Crippen LogP contribution in [0.4, 0.5) is 0 Å². The molecule has 106 valence electrons. The van der Waals surface area contributed by atoms with Crippen LogP contribution in [0.15, 0.2) is 6.20 Å². The fraction of sp³-hybridized carbons (Fsp3) is 0.643. The largest absolute Gasteiger partial charge is 0.462 e. The van der Waals surface area contributed by atoms with E-state index in [2.05, 4.69) is 18.8 Å². The second-order valence-corrected chi connectivity index (χ2v) is 5.21. The molecule has 1 aliphatic rings. The Hall–Kier alpha value is -0.510. The maximum atomic E-state index is 6.01. The van der Waals surface area contributed by atoms with E-state index in [1.54, 1.807) is 6.20 Å². The van der Waals surface area contributed by atoms with Gasteiger partial charge < -0.3 is 9.47 Å². The summed E-state index contributed by atoms with van der Waals surface area (Å²) in [6.07, 6.45) is 3.59. The molecule has 2 heterocycles. The van der Waals surface area contributed by atoms with Gasteiger partial charge in [0.25, 0.3) is 0 Å². The van der Waals surface area contributed by atoms with E-state index in [-0.39, 0.29) is 6.29 Å². The first-order valence-corrected chi connectivity index (χ1v) is 7.71. The van der Waals surface area contributed by atoms with Crippen molar-refractivity contribution in [2.24, 2.45) is 5.92 Å². The Bertz CT molecular complexity index is 436. The van der Waals surface area contributed by atoms with Crippen molar-refractivity contribution in [3.8, 4) is 5.75 Å². The molecule has 0 fully saturated rings. The lowest BCUT2D eigenvalue weighted by Crippen LogP contribution is -2.33. The standard InChI is InChI=1S/C14H19Cl2NO2/c1-3-9(4-2)14-18-8-11-10(5-15)7-17-12(6-16)13(11)19-14/h7,9,14H,3-6,8H2,1-2H3. The molecule has 1 atom stereocenters. The third-order valence-electron chi connectivity index (χ3n) is 3.63. The molecule has 0 saturated carbocycles. The number of pyridine rings is 1. The molecule has 0 radical (unpaired) electrons. The Morgan fingerprint density at radius 1 is 1.32 bits per heavy atom. The fourth-order valence-corrected chi connectivity index (χ4v) is 2.76. The van der Waals surface area contributed by atoms with Gasteiger partial charge in [-0.1, -0.05) is 13.8 Å². The summed E-state index contributed by atoms with van der Waals surface area (Å²) in [7, 11) is 0. The lowest BCUT2D eigenvalue weighted by Gasteiger charge is -2.32. The van der Waals surface area contributed by atoms with Gasteiger partial charge in [-0.05, 0) is 18.4 Å². The van der Waals surface area contributed by atoms with Crippen LogP contribution in [0.3, 0.4) is 0 Å². The molecule has 5 heteroatoms. The number of rotatable bonds is 5. The molecule has 19 heavy (non-hydrogen) atoms. The van der Waals surface area contributed by atoms with E-state index in [9.17, 15) is 0 Å². The molecule has 0 spiro atoms. The van der Waals surface area contributed by atoms with Crippen LogP contribution in [0.1, 0.15) is 43.5 Å². The van der Waals surface area contributed by atoms with Gasteiger partial charge in [-0.3, -0.25) is 4.98 Å². The SMILES string of the molecule is CCC(CC)C1OCc2c(CCl)cnc(CCl)c2O1. The summed E-state index contributed by atoms with van der Waals surface area (Å²) < 4.78 is 11.9. The summed E-state index contributed by atoms with van der Waals surface area (Å²) in [4.78, 5) is 4.33. The van der Waals surface area contributed by atoms with Crippen LogP contribution < -0.4 is 4.74 Å². The second-order valence-electron chi connectivity index (χ2n) is 4.68. The van der Waals surface area contributed by atoms with Crippen LogP contribution >= 0.6 is 23.2 Å². The highest BCUT2D eigenvalue weighted by Crippen LogP contribution is 2.35. The van der Waals surface area contributed by atoms with Crippen molar-refractivity contribution in [1.29, 1.82) is 0 Å². The lowest BCUT2D eigenvalue weighted by atomic mass is 10.0. The van der Waals surface area contributed by atoms with Gasteiger partial charge in [-0.15, -0.1) is 23.2 Å². The van der Waals surface area contributed by atoms with Crippen LogP contribution in [-0.4, -0.2) is 11.3 Å². The minimum absolute atomic E-state index is 0.211. The highest BCUT2D eigenvalue weighted by atomic mass is 35.5. The number of halogens is 2. The summed E-state index contributed by atoms with van der Waals surface area (Å²) in [6, 6.07) is 0. The van der Waals surface area contributed by atoms with Crippen molar-refractivity contribution in [3.05, 3.63) is 23.0 Å². The normalized spacial score (nSPS) is 18.3. The fourth-order valence-electron chi connectivity index (χ4n) is 2.34. The van der Waals surface area contributed by atoms with E-state index in [0.29, 0.717) is 24.3 Å². The third kappa shape index (κ3) is 2.99. The average Bonchev–Trinajstić information content (AvgIpc) is 2.47. The Morgan fingerprint density at radius 2 is 2.05 bits per heavy atom. The van der Waals surface area contributed by atoms with Gasteiger partial charge in [0.1, 0.15) is 0 Å². The van der Waals surface area contributed by atoms with Gasteiger partial charge in [0.15, 0.2) is 5.75 Å². The number of nitrogens with zero attached hydrogens (tertiary/aromatic N) is 1. The minimum Gasteiger partial charge on any atom is -0.462 e. The lowest BCUT2D eigenvalue weighted by molar-refractivity contribution is -0.142. The van der Waals surface area contributed by atoms with E-state index in [1.165, 1.54) is 0 Å². The zero-order valence-electron chi connectivity index (χ0n) is 11.3. The average molecular weight is 304 g/mol. The first-order chi connectivity index (χ1) is 9.24. The van der Waals surface area contributed by atoms with Crippen LogP contribution in [0.2, 0.25) is 0 Å². The van der Waals surface area contributed by atoms with Crippen LogP contribution in [-0.2, 0) is 23.1 Å². The maximum Gasteiger partial charge on any atom is 0.203 e. The van der Waals surface area contributed by atoms with Crippen LogP contribution in [0.25, 0.3) is 0 Å². The Labute approximate surface area is 124 Å². The molecule has 3 nitrogen and oxygen atoms in total. The van der Waals surface area contributed by atoms with Gasteiger partial charge >= 0.3 is 0 Å². The van der Waals surface area contributed by atoms with Crippen LogP contribution in [0, 0.1) is 5.92 Å². The van der Waals surface area contributed by atoms with E-state index < -0.39 is 0 Å². The van der Waals surface area contributed by atoms with Gasteiger partial charge in [0, 0.05) is 23.6 Å². The Balaban J connectivity index is 2.32. The molecule has 0 N–H and O–H groups in total. The molecule has 1 aromatic rings. The summed E-state index contributed by atoms with van der Waals surface area (Å²) in [5.41, 5.74) is 2.71. The zero-order valence-corrected chi connectivity index (χ0v) is 12.8. The van der Waals surface area contributed by atoms with Crippen molar-refractivity contribution in [2.75, 3.05) is 0 Å². The Kier molecular flexibility index (Phi) is 5.31. The second kappa shape index (κ2) is 6.78. The molecule has 0 aliphatic carbocycles. The number of fused-ring (bicyclic) bond motifs is 1. The highest BCUT2D eigenvalue weighted by Gasteiger charge is 2.29. The molecule has 1 aliphatic heterocycles. The van der Waals surface area contributed by atoms with E-state index >= 15 is 0 Å². The first-order valence-electron chi connectivity index (χ1n) is 6.64. The monoisotopic (exact) mass is 303 g/mol. The topological polar surface area (TPSA) is 31.4 Å². The van der Waals surface area contributed by atoms with Gasteiger partial charge in [-0.2, -0.15) is 0 Å². The quantitative estimate of drug-likeness (QED) is 0.763. The molecule has 1 aromatic heterocycles. The highest BCUT2D eigenvalue weighted by molar-refractivity contribution is 6.17. The van der Waals surface area contributed by atoms with Crippen molar-refractivity contribution in [1.82, 2.24) is 4.98 Å². The summed E-state index contributed by atoms with van der Waals surface area (Å²) in [5.74, 6) is 1.90. The predicted octanol–water partition coefficient (Wildman–Crippen LogP) is 4.23. The summed E-state index contributed by atoms with van der Waals surface area (Å²) in [6.45, 7) is 4.81. The third-order valence-corrected chi connectivity index (χ3v) is 4.17. The molecule has 0 bridgehead atoms. The minimum atomic E-state index is -0.211. The number of alkyl halides is 2. The molecular formula is C14H19Cl2NO2. The predicted molar refractivity (Wildman–Crippen MR) is 76.6 cm³/mol. The molecule has 1 unspecified atom stereocenters. The number of ether oxygens (including phenoxy) is 2. The van der Waals surface area contributed by atoms with Crippen molar-refractivity contribution in [3.63, 3.8) is 0 Å². The maximum absolute atomic E-state index is 6.01. The first kappa shape index (κ1) is 14.9. The van der Waals surface area contributed by atoms with Crippen LogP contribution in [0.5, 0.6) is 5.75 Å². The van der Waals surface area contributed by atoms with Gasteiger partial charge in [0.05, 0.1) is 18.2 Å². The van der Waals surface area contributed by atoms with E-state index in [1.807, 2.05) is 0 Å². The van der Waals surface area contributed by atoms with Crippen molar-refractivity contribution < 1.29 is 9.47 Å². The molecule has 0 amide bonds. The number of hydrogen-bond acceptors (Lipinski definition) is 3. The summed E-state index contributed by atoms with van der Waals surface area (Å²) >= 11 is 11.9. The smallest absolute Gasteiger partial charge is 0.203 e. The zero-order chi connectivity index (χ0) is 13.8. The molecule has 2 rings (SSSR count). The molecule has 0 saturated heterocycles. The van der Waals surface area contributed by atoms with Crippen molar-refractivity contribution >= 4 is 23.2 Å².